The minimum absolute atomic E-state index is 0.282. The summed E-state index contributed by atoms with van der Waals surface area (Å²) in [6.07, 6.45) is 0. The second-order valence-corrected chi connectivity index (χ2v) is 5.83. The zero-order valence-corrected chi connectivity index (χ0v) is 14.1. The van der Waals surface area contributed by atoms with Gasteiger partial charge >= 0.3 is 0 Å². The molecule has 0 saturated carbocycles. The van der Waals surface area contributed by atoms with Gasteiger partial charge in [0.1, 0.15) is 24.8 Å². The van der Waals surface area contributed by atoms with Crippen LogP contribution in [0.5, 0.6) is 11.5 Å². The highest BCUT2D eigenvalue weighted by atomic mass is 19.1. The van der Waals surface area contributed by atoms with Crippen LogP contribution in [0.3, 0.4) is 0 Å². The van der Waals surface area contributed by atoms with Gasteiger partial charge in [0, 0.05) is 29.2 Å². The molecule has 0 amide bonds. The van der Waals surface area contributed by atoms with E-state index in [4.69, 9.17) is 9.47 Å². The van der Waals surface area contributed by atoms with Crippen molar-refractivity contribution < 1.29 is 13.9 Å². The second kappa shape index (κ2) is 6.87. The van der Waals surface area contributed by atoms with Gasteiger partial charge in [0.05, 0.1) is 0 Å². The van der Waals surface area contributed by atoms with Gasteiger partial charge in [-0.25, -0.2) is 9.37 Å². The number of hydrogen-bond donors (Lipinski definition) is 2. The number of ether oxygens (including phenoxy) is 2. The topological polar surface area (TPSA) is 68.3 Å². The van der Waals surface area contributed by atoms with Crippen LogP contribution in [0, 0.1) is 12.7 Å². The molecule has 2 heterocycles. The number of aromatic nitrogens is 2. The van der Waals surface area contributed by atoms with Gasteiger partial charge in [0.25, 0.3) is 0 Å². The van der Waals surface area contributed by atoms with Crippen molar-refractivity contribution in [2.45, 2.75) is 6.92 Å². The smallest absolute Gasteiger partial charge is 0.229 e. The lowest BCUT2D eigenvalue weighted by Crippen LogP contribution is -2.15. The minimum Gasteiger partial charge on any atom is -0.486 e. The summed E-state index contributed by atoms with van der Waals surface area (Å²) >= 11 is 0. The lowest BCUT2D eigenvalue weighted by Gasteiger charge is -2.19. The van der Waals surface area contributed by atoms with Crippen molar-refractivity contribution in [2.24, 2.45) is 0 Å². The van der Waals surface area contributed by atoms with Crippen LogP contribution in [-0.4, -0.2) is 23.2 Å². The molecule has 26 heavy (non-hydrogen) atoms. The van der Waals surface area contributed by atoms with Crippen molar-refractivity contribution in [3.05, 3.63) is 60.0 Å². The standard InChI is InChI=1S/C19H17FN4O2/c1-12-10-18(22-14-4-2-13(20)3-5-14)24-19(21-12)23-15-6-7-16-17(11-15)26-9-8-25-16/h2-7,10-11H,8-9H2,1H3,(H2,21,22,23,24). The fourth-order valence-electron chi connectivity index (χ4n) is 2.62. The van der Waals surface area contributed by atoms with Gasteiger partial charge < -0.3 is 20.1 Å². The molecule has 3 aromatic rings. The van der Waals surface area contributed by atoms with Crippen LogP contribution in [0.4, 0.5) is 27.5 Å². The number of anilines is 4. The first-order valence-electron chi connectivity index (χ1n) is 8.21. The Kier molecular flexibility index (Phi) is 4.27. The van der Waals surface area contributed by atoms with Crippen molar-refractivity contribution >= 4 is 23.1 Å². The van der Waals surface area contributed by atoms with Gasteiger partial charge in [-0.3, -0.25) is 0 Å². The van der Waals surface area contributed by atoms with Crippen LogP contribution < -0.4 is 20.1 Å². The Labute approximate surface area is 150 Å². The summed E-state index contributed by atoms with van der Waals surface area (Å²) in [4.78, 5) is 8.86. The highest BCUT2D eigenvalue weighted by molar-refractivity contribution is 5.62. The third-order valence-corrected chi connectivity index (χ3v) is 3.77. The molecule has 2 aromatic carbocycles. The Morgan fingerprint density at radius 3 is 2.38 bits per heavy atom. The van der Waals surface area contributed by atoms with Crippen molar-refractivity contribution in [3.63, 3.8) is 0 Å². The maximum atomic E-state index is 13.0. The van der Waals surface area contributed by atoms with Gasteiger partial charge in [-0.1, -0.05) is 0 Å². The summed E-state index contributed by atoms with van der Waals surface area (Å²) in [5, 5.41) is 6.32. The summed E-state index contributed by atoms with van der Waals surface area (Å²) in [5.74, 6) is 2.20. The number of fused-ring (bicyclic) bond motifs is 1. The Hall–Kier alpha value is -3.35. The highest BCUT2D eigenvalue weighted by Gasteiger charge is 2.12. The van der Waals surface area contributed by atoms with Crippen LogP contribution in [-0.2, 0) is 0 Å². The molecule has 0 aliphatic carbocycles. The first-order chi connectivity index (χ1) is 12.7. The predicted octanol–water partition coefficient (Wildman–Crippen LogP) is 4.18. The monoisotopic (exact) mass is 352 g/mol. The number of rotatable bonds is 4. The van der Waals surface area contributed by atoms with E-state index in [1.807, 2.05) is 31.2 Å². The minimum atomic E-state index is -0.282. The van der Waals surface area contributed by atoms with Gasteiger partial charge in [-0.05, 0) is 43.3 Å². The van der Waals surface area contributed by atoms with Crippen LogP contribution in [0.15, 0.2) is 48.5 Å². The normalized spacial score (nSPS) is 12.5. The summed E-state index contributed by atoms with van der Waals surface area (Å²) in [5.41, 5.74) is 2.34. The largest absolute Gasteiger partial charge is 0.486 e. The van der Waals surface area contributed by atoms with E-state index >= 15 is 0 Å². The number of hydrogen-bond acceptors (Lipinski definition) is 6. The molecule has 6 nitrogen and oxygen atoms in total. The molecule has 132 valence electrons. The van der Waals surface area contributed by atoms with Gasteiger partial charge in [0.2, 0.25) is 5.95 Å². The summed E-state index contributed by atoms with van der Waals surface area (Å²) < 4.78 is 24.1. The molecule has 0 spiro atoms. The SMILES string of the molecule is Cc1cc(Nc2ccc(F)cc2)nc(Nc2ccc3c(c2)OCCO3)n1. The van der Waals surface area contributed by atoms with E-state index in [0.29, 0.717) is 30.7 Å². The number of benzene rings is 2. The first-order valence-corrected chi connectivity index (χ1v) is 8.21. The quantitative estimate of drug-likeness (QED) is 0.734. The fourth-order valence-corrected chi connectivity index (χ4v) is 2.62. The molecule has 0 atom stereocenters. The fraction of sp³-hybridized carbons (Fsp3) is 0.158. The Balaban J connectivity index is 1.55. The van der Waals surface area contributed by atoms with E-state index in [9.17, 15) is 4.39 Å². The number of aryl methyl sites for hydroxylation is 1. The number of nitrogens with one attached hydrogen (secondary N) is 2. The lowest BCUT2D eigenvalue weighted by molar-refractivity contribution is 0.171. The van der Waals surface area contributed by atoms with E-state index in [2.05, 4.69) is 20.6 Å². The van der Waals surface area contributed by atoms with E-state index in [0.717, 1.165) is 22.8 Å². The summed E-state index contributed by atoms with van der Waals surface area (Å²) in [6, 6.07) is 13.5. The second-order valence-electron chi connectivity index (χ2n) is 5.83. The molecule has 0 bridgehead atoms. The molecule has 4 rings (SSSR count). The van der Waals surface area contributed by atoms with Crippen LogP contribution in [0.2, 0.25) is 0 Å². The predicted molar refractivity (Wildman–Crippen MR) is 97.2 cm³/mol. The van der Waals surface area contributed by atoms with Gasteiger partial charge in [-0.2, -0.15) is 4.98 Å². The molecule has 1 aliphatic heterocycles. The van der Waals surface area contributed by atoms with Crippen LogP contribution >= 0.6 is 0 Å². The van der Waals surface area contributed by atoms with Gasteiger partial charge in [-0.15, -0.1) is 0 Å². The molecule has 0 fully saturated rings. The maximum absolute atomic E-state index is 13.0. The average Bonchev–Trinajstić information content (AvgIpc) is 2.63. The molecule has 0 saturated heterocycles. The highest BCUT2D eigenvalue weighted by Crippen LogP contribution is 2.33. The lowest BCUT2D eigenvalue weighted by atomic mass is 10.2. The van der Waals surface area contributed by atoms with Crippen molar-refractivity contribution in [3.8, 4) is 11.5 Å². The van der Waals surface area contributed by atoms with E-state index in [1.165, 1.54) is 12.1 Å². The summed E-state index contributed by atoms with van der Waals surface area (Å²) in [6.45, 7) is 2.97. The third-order valence-electron chi connectivity index (χ3n) is 3.77. The Bertz CT molecular complexity index is 931. The zero-order valence-electron chi connectivity index (χ0n) is 14.1. The van der Waals surface area contributed by atoms with Gasteiger partial charge in [0.15, 0.2) is 11.5 Å². The average molecular weight is 352 g/mol. The Morgan fingerprint density at radius 1 is 0.846 bits per heavy atom. The molecular weight excluding hydrogens is 335 g/mol. The molecular formula is C19H17FN4O2. The molecule has 0 radical (unpaired) electrons. The molecule has 0 unspecified atom stereocenters. The molecule has 7 heteroatoms. The van der Waals surface area contributed by atoms with Crippen molar-refractivity contribution in [1.82, 2.24) is 9.97 Å². The van der Waals surface area contributed by atoms with E-state index in [-0.39, 0.29) is 5.82 Å². The number of halogens is 1. The van der Waals surface area contributed by atoms with Crippen LogP contribution in [0.25, 0.3) is 0 Å². The zero-order chi connectivity index (χ0) is 17.9. The van der Waals surface area contributed by atoms with Crippen molar-refractivity contribution in [2.75, 3.05) is 23.8 Å². The maximum Gasteiger partial charge on any atom is 0.229 e. The third kappa shape index (κ3) is 3.66. The summed E-state index contributed by atoms with van der Waals surface area (Å²) in [7, 11) is 0. The Morgan fingerprint density at radius 2 is 1.58 bits per heavy atom. The van der Waals surface area contributed by atoms with Crippen molar-refractivity contribution in [1.29, 1.82) is 0 Å². The first kappa shape index (κ1) is 16.1. The van der Waals surface area contributed by atoms with E-state index in [1.54, 1.807) is 12.1 Å². The number of nitrogens with zero attached hydrogens (tertiary/aromatic N) is 2. The molecule has 1 aromatic heterocycles. The molecule has 1 aliphatic rings. The van der Waals surface area contributed by atoms with E-state index < -0.39 is 0 Å². The molecule has 2 N–H and O–H groups in total. The van der Waals surface area contributed by atoms with Crippen LogP contribution in [0.1, 0.15) is 5.69 Å².